The molecule has 214 valence electrons. The Kier molecular flexibility index (Phi) is 11.5. The first-order chi connectivity index (χ1) is 18.2. The highest BCUT2D eigenvalue weighted by molar-refractivity contribution is 5.67. The van der Waals surface area contributed by atoms with Gasteiger partial charge in [0.25, 0.3) is 0 Å². The molecule has 0 saturated carbocycles. The van der Waals surface area contributed by atoms with Crippen LogP contribution in [-0.2, 0) is 58.8 Å². The molecular weight excluding hydrogens is 500 g/mol. The van der Waals surface area contributed by atoms with Crippen LogP contribution in [0.4, 0.5) is 0 Å². The Morgan fingerprint density at radius 1 is 1.00 bits per heavy atom. The fourth-order valence-corrected chi connectivity index (χ4v) is 5.04. The minimum Gasteiger partial charge on any atom is -0.461 e. The van der Waals surface area contributed by atoms with Gasteiger partial charge in [0.2, 0.25) is 0 Å². The van der Waals surface area contributed by atoms with Crippen LogP contribution in [0.5, 0.6) is 0 Å². The zero-order valence-electron chi connectivity index (χ0n) is 23.0. The number of carbonyl (C=O) groups is 2. The van der Waals surface area contributed by atoms with E-state index < -0.39 is 54.3 Å². The maximum Gasteiger partial charge on any atom is 0.303 e. The zero-order chi connectivity index (χ0) is 27.7. The van der Waals surface area contributed by atoms with Crippen LogP contribution in [0.3, 0.4) is 0 Å². The third-order valence-corrected chi connectivity index (χ3v) is 6.74. The summed E-state index contributed by atoms with van der Waals surface area (Å²) in [5, 5.41) is 0. The number of hydrogen-bond donors (Lipinski definition) is 0. The molecule has 0 aliphatic carbocycles. The van der Waals surface area contributed by atoms with E-state index in [0.29, 0.717) is 0 Å². The lowest BCUT2D eigenvalue weighted by Crippen LogP contribution is -2.65. The van der Waals surface area contributed by atoms with Gasteiger partial charge in [-0.2, -0.15) is 0 Å². The average molecular weight is 541 g/mol. The van der Waals surface area contributed by atoms with E-state index in [1.807, 2.05) is 37.3 Å². The standard InChI is InChI=1S/C27H40O11/c1-17-22(31-5)24(32-6)23(21(36-17)15-30-4)37-26-25(34-14-20-10-8-7-9-11-20)27(12-13-33-26,38-19(3)29)16-35-18(2)28/h7-11,17,21-26H,12-16H2,1-6H3/t17-,21?,22?,23-,24?,25?,26+,27?/m1/s1. The molecule has 0 spiro atoms. The fourth-order valence-electron chi connectivity index (χ4n) is 5.04. The van der Waals surface area contributed by atoms with Crippen LogP contribution in [0.2, 0.25) is 0 Å². The molecular formula is C27H40O11. The number of ether oxygens (including phenoxy) is 9. The van der Waals surface area contributed by atoms with E-state index in [1.165, 1.54) is 13.8 Å². The van der Waals surface area contributed by atoms with Crippen molar-refractivity contribution in [2.45, 2.75) is 82.3 Å². The number of esters is 2. The monoisotopic (exact) mass is 540 g/mol. The summed E-state index contributed by atoms with van der Waals surface area (Å²) in [6.07, 6.45) is -4.19. The van der Waals surface area contributed by atoms with Crippen LogP contribution >= 0.6 is 0 Å². The molecule has 8 atom stereocenters. The van der Waals surface area contributed by atoms with Gasteiger partial charge >= 0.3 is 11.9 Å². The van der Waals surface area contributed by atoms with E-state index in [9.17, 15) is 9.59 Å². The Morgan fingerprint density at radius 3 is 2.32 bits per heavy atom. The van der Waals surface area contributed by atoms with Gasteiger partial charge in [0.15, 0.2) is 18.0 Å². The summed E-state index contributed by atoms with van der Waals surface area (Å²) in [6.45, 7) is 4.82. The number of hydrogen-bond acceptors (Lipinski definition) is 11. The van der Waals surface area contributed by atoms with Gasteiger partial charge in [-0.05, 0) is 12.5 Å². The predicted octanol–water partition coefficient (Wildman–Crippen LogP) is 2.03. The molecule has 0 amide bonds. The zero-order valence-corrected chi connectivity index (χ0v) is 23.0. The van der Waals surface area contributed by atoms with Crippen molar-refractivity contribution in [3.8, 4) is 0 Å². The van der Waals surface area contributed by atoms with Crippen LogP contribution in [0.25, 0.3) is 0 Å². The van der Waals surface area contributed by atoms with E-state index in [2.05, 4.69) is 0 Å². The van der Waals surface area contributed by atoms with Crippen molar-refractivity contribution in [2.24, 2.45) is 0 Å². The van der Waals surface area contributed by atoms with Crippen LogP contribution in [0, 0.1) is 0 Å². The van der Waals surface area contributed by atoms with Gasteiger partial charge in [-0.1, -0.05) is 30.3 Å². The van der Waals surface area contributed by atoms with Crippen molar-refractivity contribution >= 4 is 11.9 Å². The highest BCUT2D eigenvalue weighted by atomic mass is 16.7. The van der Waals surface area contributed by atoms with E-state index in [-0.39, 0.29) is 39.0 Å². The summed E-state index contributed by atoms with van der Waals surface area (Å²) in [6, 6.07) is 9.51. The molecule has 38 heavy (non-hydrogen) atoms. The lowest BCUT2D eigenvalue weighted by Gasteiger charge is -2.49. The van der Waals surface area contributed by atoms with Gasteiger partial charge in [-0.3, -0.25) is 9.59 Å². The molecule has 2 saturated heterocycles. The summed E-state index contributed by atoms with van der Waals surface area (Å²) >= 11 is 0. The Hall–Kier alpha value is -2.12. The summed E-state index contributed by atoms with van der Waals surface area (Å²) in [5.74, 6) is -1.06. The number of rotatable bonds is 12. The van der Waals surface area contributed by atoms with Crippen LogP contribution in [0.1, 0.15) is 32.8 Å². The van der Waals surface area contributed by atoms with Gasteiger partial charge in [0.05, 0.1) is 25.9 Å². The van der Waals surface area contributed by atoms with Gasteiger partial charge in [0, 0.05) is 41.6 Å². The highest BCUT2D eigenvalue weighted by Crippen LogP contribution is 2.37. The molecule has 11 heteroatoms. The first kappa shape index (κ1) is 30.4. The topological polar surface area (TPSA) is 117 Å². The van der Waals surface area contributed by atoms with E-state index in [0.717, 1.165) is 5.56 Å². The molecule has 0 bridgehead atoms. The molecule has 2 aliphatic heterocycles. The molecule has 11 nitrogen and oxygen atoms in total. The second-order valence-electron chi connectivity index (χ2n) is 9.48. The summed E-state index contributed by atoms with van der Waals surface area (Å²) in [4.78, 5) is 24.0. The second kappa shape index (κ2) is 14.3. The molecule has 0 N–H and O–H groups in total. The smallest absolute Gasteiger partial charge is 0.303 e. The minimum absolute atomic E-state index is 0.161. The van der Waals surface area contributed by atoms with Gasteiger partial charge in [0.1, 0.15) is 31.0 Å². The summed E-state index contributed by atoms with van der Waals surface area (Å²) in [7, 11) is 4.73. The lowest BCUT2D eigenvalue weighted by atomic mass is 9.89. The van der Waals surface area contributed by atoms with Crippen molar-refractivity contribution in [1.82, 2.24) is 0 Å². The predicted molar refractivity (Wildman–Crippen MR) is 133 cm³/mol. The first-order valence-electron chi connectivity index (χ1n) is 12.7. The maximum atomic E-state index is 12.3. The third kappa shape index (κ3) is 7.50. The summed E-state index contributed by atoms with van der Waals surface area (Å²) < 4.78 is 53.2. The molecule has 5 unspecified atom stereocenters. The molecule has 3 rings (SSSR count). The minimum atomic E-state index is -1.35. The Morgan fingerprint density at radius 2 is 1.71 bits per heavy atom. The molecule has 2 heterocycles. The Bertz CT molecular complexity index is 881. The normalized spacial score (nSPS) is 33.5. The van der Waals surface area contributed by atoms with Crippen LogP contribution in [0.15, 0.2) is 30.3 Å². The summed E-state index contributed by atoms with van der Waals surface area (Å²) in [5.41, 5.74) is -0.458. The second-order valence-corrected chi connectivity index (χ2v) is 9.48. The van der Waals surface area contributed by atoms with Crippen molar-refractivity contribution in [3.05, 3.63) is 35.9 Å². The Labute approximate surface area is 223 Å². The average Bonchev–Trinajstić information content (AvgIpc) is 2.88. The molecule has 1 aromatic rings. The lowest BCUT2D eigenvalue weighted by molar-refractivity contribution is -0.340. The van der Waals surface area contributed by atoms with E-state index in [4.69, 9.17) is 42.6 Å². The van der Waals surface area contributed by atoms with Gasteiger partial charge in [-0.15, -0.1) is 0 Å². The number of carbonyl (C=O) groups excluding carboxylic acids is 2. The van der Waals surface area contributed by atoms with Crippen molar-refractivity contribution in [3.63, 3.8) is 0 Å². The first-order valence-corrected chi connectivity index (χ1v) is 12.7. The van der Waals surface area contributed by atoms with Gasteiger partial charge in [-0.25, -0.2) is 0 Å². The molecule has 0 radical (unpaired) electrons. The SMILES string of the molecule is COCC1O[C@H](C)C(OC)C(OC)[C@@H]1O[C@@H]1OCCC(COC(C)=O)(OC(C)=O)C1OCc1ccccc1. The van der Waals surface area contributed by atoms with Crippen molar-refractivity contribution in [1.29, 1.82) is 0 Å². The quantitative estimate of drug-likeness (QED) is 0.363. The van der Waals surface area contributed by atoms with E-state index >= 15 is 0 Å². The van der Waals surface area contributed by atoms with Crippen LogP contribution in [-0.4, -0.2) is 102 Å². The van der Waals surface area contributed by atoms with Gasteiger partial charge < -0.3 is 42.6 Å². The highest BCUT2D eigenvalue weighted by Gasteiger charge is 2.55. The molecule has 0 aromatic heterocycles. The van der Waals surface area contributed by atoms with Crippen LogP contribution < -0.4 is 0 Å². The number of benzene rings is 1. The van der Waals surface area contributed by atoms with Crippen molar-refractivity contribution < 1.29 is 52.2 Å². The fraction of sp³-hybridized carbons (Fsp3) is 0.704. The van der Waals surface area contributed by atoms with Crippen molar-refractivity contribution in [2.75, 3.05) is 41.2 Å². The largest absolute Gasteiger partial charge is 0.461 e. The third-order valence-electron chi connectivity index (χ3n) is 6.74. The molecule has 1 aromatic carbocycles. The Balaban J connectivity index is 1.96. The van der Waals surface area contributed by atoms with E-state index in [1.54, 1.807) is 21.3 Å². The maximum absolute atomic E-state index is 12.3. The molecule has 2 aliphatic rings. The number of methoxy groups -OCH3 is 3. The molecule has 2 fully saturated rings.